The molecular formula is C25H22N4O3S. The Morgan fingerprint density at radius 2 is 1.79 bits per heavy atom. The van der Waals surface area contributed by atoms with Crippen molar-refractivity contribution in [2.75, 3.05) is 0 Å². The largest absolute Gasteiger partial charge is 0.463 e. The van der Waals surface area contributed by atoms with Gasteiger partial charge in [-0.3, -0.25) is 15.0 Å². The van der Waals surface area contributed by atoms with Gasteiger partial charge in [0.1, 0.15) is 16.9 Å². The highest BCUT2D eigenvalue weighted by atomic mass is 32.2. The summed E-state index contributed by atoms with van der Waals surface area (Å²) in [5.41, 5.74) is 0.588. The number of amidine groups is 2. The van der Waals surface area contributed by atoms with E-state index in [0.717, 1.165) is 42.1 Å². The van der Waals surface area contributed by atoms with Gasteiger partial charge in [0.2, 0.25) is 5.17 Å². The fourth-order valence-corrected chi connectivity index (χ4v) is 8.04. The molecule has 2 aliphatic heterocycles. The van der Waals surface area contributed by atoms with Gasteiger partial charge in [0.15, 0.2) is 11.3 Å². The first-order valence-electron chi connectivity index (χ1n) is 11.5. The van der Waals surface area contributed by atoms with Gasteiger partial charge in [-0.15, -0.1) is 0 Å². The van der Waals surface area contributed by atoms with Gasteiger partial charge in [-0.25, -0.2) is 0 Å². The molecule has 1 aromatic carbocycles. The summed E-state index contributed by atoms with van der Waals surface area (Å²) in [4.78, 5) is 30.0. The van der Waals surface area contributed by atoms with Gasteiger partial charge < -0.3 is 4.42 Å². The minimum atomic E-state index is -0.520. The molecule has 3 heterocycles. The molecule has 0 atom stereocenters. The molecule has 8 heteroatoms. The van der Waals surface area contributed by atoms with Crippen molar-refractivity contribution < 1.29 is 9.21 Å². The van der Waals surface area contributed by atoms with Crippen LogP contribution >= 0.6 is 11.8 Å². The van der Waals surface area contributed by atoms with Crippen molar-refractivity contribution in [3.05, 3.63) is 51.9 Å². The summed E-state index contributed by atoms with van der Waals surface area (Å²) in [6.07, 6.45) is 10.3. The highest BCUT2D eigenvalue weighted by molar-refractivity contribution is 8.27. The predicted molar refractivity (Wildman–Crippen MR) is 128 cm³/mol. The first kappa shape index (κ1) is 19.5. The minimum Gasteiger partial charge on any atom is -0.463 e. The second kappa shape index (κ2) is 6.76. The van der Waals surface area contributed by atoms with Crippen LogP contribution in [0.5, 0.6) is 0 Å². The minimum absolute atomic E-state index is 0.0372. The number of amides is 1. The number of aliphatic imine (C=N–C) groups is 1. The molecule has 33 heavy (non-hydrogen) atoms. The van der Waals surface area contributed by atoms with Crippen LogP contribution in [-0.4, -0.2) is 27.0 Å². The number of benzene rings is 1. The van der Waals surface area contributed by atoms with E-state index in [0.29, 0.717) is 16.1 Å². The van der Waals surface area contributed by atoms with Gasteiger partial charge in [0, 0.05) is 5.41 Å². The molecule has 0 radical (unpaired) electrons. The van der Waals surface area contributed by atoms with Gasteiger partial charge in [-0.2, -0.15) is 15.1 Å². The molecule has 0 saturated heterocycles. The summed E-state index contributed by atoms with van der Waals surface area (Å²) in [5, 5.41) is 16.9. The zero-order valence-corrected chi connectivity index (χ0v) is 18.7. The normalized spacial score (nSPS) is 33.6. The smallest absolute Gasteiger partial charge is 0.283 e. The lowest BCUT2D eigenvalue weighted by atomic mass is 9.50. The van der Waals surface area contributed by atoms with E-state index in [1.807, 2.05) is 0 Å². The molecule has 4 fully saturated rings. The number of carbonyl (C=O) groups is 1. The number of carbonyl (C=O) groups excluding carboxylic acids is 1. The number of hydrazone groups is 1. The lowest BCUT2D eigenvalue weighted by Crippen LogP contribution is -2.49. The van der Waals surface area contributed by atoms with Crippen molar-refractivity contribution >= 4 is 50.8 Å². The molecule has 0 unspecified atom stereocenters. The van der Waals surface area contributed by atoms with Crippen LogP contribution in [0.4, 0.5) is 0 Å². The quantitative estimate of drug-likeness (QED) is 0.662. The highest BCUT2D eigenvalue weighted by Gasteiger charge is 2.55. The molecule has 7 nitrogen and oxygen atoms in total. The number of hydrogen-bond donors (Lipinski definition) is 1. The summed E-state index contributed by atoms with van der Waals surface area (Å²) < 4.78 is 5.57. The molecule has 0 spiro atoms. The number of nitrogens with zero attached hydrogens (tertiary/aromatic N) is 3. The van der Waals surface area contributed by atoms with Crippen LogP contribution in [0.1, 0.15) is 44.1 Å². The zero-order valence-electron chi connectivity index (χ0n) is 17.9. The van der Waals surface area contributed by atoms with Crippen LogP contribution in [0.25, 0.3) is 17.0 Å². The molecule has 1 N–H and O–H groups in total. The average molecular weight is 459 g/mol. The fourth-order valence-electron chi connectivity index (χ4n) is 6.93. The summed E-state index contributed by atoms with van der Waals surface area (Å²) in [7, 11) is 0. The summed E-state index contributed by atoms with van der Waals surface area (Å²) in [6.45, 7) is 0. The Kier molecular flexibility index (Phi) is 3.99. The Morgan fingerprint density at radius 1 is 1.09 bits per heavy atom. The molecule has 1 aromatic heterocycles. The van der Waals surface area contributed by atoms with Crippen LogP contribution in [-0.2, 0) is 4.79 Å². The van der Waals surface area contributed by atoms with Crippen LogP contribution < -0.4 is 5.43 Å². The second-order valence-corrected chi connectivity index (χ2v) is 11.1. The molecule has 4 aliphatic carbocycles. The fraction of sp³-hybridized carbons (Fsp3) is 0.400. The molecular weight excluding hydrogens is 436 g/mol. The van der Waals surface area contributed by atoms with Crippen molar-refractivity contribution in [1.29, 1.82) is 5.41 Å². The first-order valence-corrected chi connectivity index (χ1v) is 12.3. The van der Waals surface area contributed by atoms with Gasteiger partial charge in [0.05, 0.1) is 16.5 Å². The number of thioether (sulfide) groups is 1. The third-order valence-corrected chi connectivity index (χ3v) is 9.11. The number of fused-ring (bicyclic) bond motifs is 2. The van der Waals surface area contributed by atoms with Crippen molar-refractivity contribution in [2.45, 2.75) is 38.5 Å². The number of nitrogens with one attached hydrogen (secondary N) is 1. The Labute approximate surface area is 194 Å². The van der Waals surface area contributed by atoms with Crippen LogP contribution in [0.3, 0.4) is 0 Å². The van der Waals surface area contributed by atoms with E-state index >= 15 is 0 Å². The topological polar surface area (TPSA) is 99.1 Å². The standard InChI is InChI=1S/C25H22N4O3S/c26-21-18(8-16-12-32-19-4-2-1-3-17(19)20(16)30)22(31)27-24-29(21)28-23(33-24)25-9-13-5-14(10-25)7-15(6-13)11-25/h1-4,8,12-15,26H,5-7,9-11H2/b18-8+,26-21?. The van der Waals surface area contributed by atoms with Crippen molar-refractivity contribution in [3.8, 4) is 0 Å². The zero-order chi connectivity index (χ0) is 22.3. The predicted octanol–water partition coefficient (Wildman–Crippen LogP) is 4.63. The van der Waals surface area contributed by atoms with Crippen molar-refractivity contribution in [2.24, 2.45) is 33.3 Å². The monoisotopic (exact) mass is 458 g/mol. The molecule has 8 rings (SSSR count). The molecule has 1 amide bonds. The number of para-hydroxylation sites is 1. The van der Waals surface area contributed by atoms with E-state index in [9.17, 15) is 9.59 Å². The lowest BCUT2D eigenvalue weighted by Gasteiger charge is -2.56. The van der Waals surface area contributed by atoms with Crippen LogP contribution in [0, 0.1) is 28.6 Å². The Hall–Kier alpha value is -3.00. The second-order valence-electron chi connectivity index (χ2n) is 10.1. The molecule has 6 aliphatic rings. The summed E-state index contributed by atoms with van der Waals surface area (Å²) in [6, 6.07) is 6.97. The molecule has 4 saturated carbocycles. The molecule has 2 aromatic rings. The van der Waals surface area contributed by atoms with E-state index in [-0.39, 0.29) is 27.8 Å². The van der Waals surface area contributed by atoms with Gasteiger partial charge in [0.25, 0.3) is 5.91 Å². The number of rotatable bonds is 2. The first-order chi connectivity index (χ1) is 16.0. The maximum atomic E-state index is 12.9. The highest BCUT2D eigenvalue weighted by Crippen LogP contribution is 2.62. The molecule has 4 bridgehead atoms. The number of hydrogen-bond acceptors (Lipinski definition) is 6. The van der Waals surface area contributed by atoms with E-state index in [4.69, 9.17) is 14.9 Å². The maximum Gasteiger partial charge on any atom is 0.283 e. The van der Waals surface area contributed by atoms with Gasteiger partial charge in [-0.05, 0) is 86.2 Å². The van der Waals surface area contributed by atoms with Crippen LogP contribution in [0.2, 0.25) is 0 Å². The summed E-state index contributed by atoms with van der Waals surface area (Å²) in [5.74, 6) is 1.78. The lowest BCUT2D eigenvalue weighted by molar-refractivity contribution is -0.114. The average Bonchev–Trinajstić information content (AvgIpc) is 3.22. The van der Waals surface area contributed by atoms with E-state index in [2.05, 4.69) is 4.99 Å². The van der Waals surface area contributed by atoms with Crippen molar-refractivity contribution in [1.82, 2.24) is 5.01 Å². The SMILES string of the molecule is N=C1/C(=C\c2coc3ccccc3c2=O)C(=O)N=C2SC(C34CC5CC(CC(C5)C3)C4)=NN12. The Balaban J connectivity index is 1.25. The van der Waals surface area contributed by atoms with Crippen molar-refractivity contribution in [3.63, 3.8) is 0 Å². The van der Waals surface area contributed by atoms with Gasteiger partial charge >= 0.3 is 0 Å². The third kappa shape index (κ3) is 2.86. The van der Waals surface area contributed by atoms with E-state index < -0.39 is 5.91 Å². The summed E-state index contributed by atoms with van der Waals surface area (Å²) >= 11 is 1.46. The van der Waals surface area contributed by atoms with Crippen LogP contribution in [0.15, 0.2) is 55.4 Å². The Morgan fingerprint density at radius 3 is 2.52 bits per heavy atom. The Bertz CT molecular complexity index is 1370. The van der Waals surface area contributed by atoms with E-state index in [1.54, 1.807) is 24.3 Å². The third-order valence-electron chi connectivity index (χ3n) is 7.95. The van der Waals surface area contributed by atoms with E-state index in [1.165, 1.54) is 48.4 Å². The molecule has 166 valence electrons. The maximum absolute atomic E-state index is 12.9. The van der Waals surface area contributed by atoms with Gasteiger partial charge in [-0.1, -0.05) is 12.1 Å².